The minimum absolute atomic E-state index is 0.111. The molecule has 0 aliphatic carbocycles. The summed E-state index contributed by atoms with van der Waals surface area (Å²) in [4.78, 5) is 37.2. The van der Waals surface area contributed by atoms with Crippen LogP contribution >= 0.6 is 11.3 Å². The standard InChI is InChI=1S/C27H23N3O6S/c1-14-11-18-21(13-19(14)35-3)37-27(29-18)30-23(17-7-5-6-10-28-17)22(25(32)26(30)33)24(31)16-9-8-15(34-2)12-20(16)36-4/h5-13,23,31H,1-4H3/b24-22+. The van der Waals surface area contributed by atoms with Gasteiger partial charge in [0.05, 0.1) is 48.4 Å². The van der Waals surface area contributed by atoms with Crippen molar-refractivity contribution in [3.8, 4) is 17.2 Å². The van der Waals surface area contributed by atoms with Crippen molar-refractivity contribution in [2.45, 2.75) is 13.0 Å². The molecule has 1 saturated heterocycles. The summed E-state index contributed by atoms with van der Waals surface area (Å²) in [6.07, 6.45) is 1.57. The fourth-order valence-corrected chi connectivity index (χ4v) is 5.36. The summed E-state index contributed by atoms with van der Waals surface area (Å²) in [5.74, 6) is -0.556. The van der Waals surface area contributed by atoms with E-state index in [0.29, 0.717) is 27.8 Å². The fraction of sp³-hybridized carbons (Fsp3) is 0.185. The van der Waals surface area contributed by atoms with Crippen LogP contribution in [0, 0.1) is 6.92 Å². The van der Waals surface area contributed by atoms with Crippen molar-refractivity contribution < 1.29 is 28.9 Å². The zero-order valence-electron chi connectivity index (χ0n) is 20.5. The molecule has 1 amide bonds. The maximum atomic E-state index is 13.5. The van der Waals surface area contributed by atoms with Gasteiger partial charge < -0.3 is 19.3 Å². The summed E-state index contributed by atoms with van der Waals surface area (Å²) < 4.78 is 16.9. The Morgan fingerprint density at radius 2 is 1.78 bits per heavy atom. The number of aliphatic hydroxyl groups is 1. The van der Waals surface area contributed by atoms with Crippen LogP contribution in [0.2, 0.25) is 0 Å². The molecule has 10 heteroatoms. The Morgan fingerprint density at radius 1 is 1.00 bits per heavy atom. The number of hydrogen-bond acceptors (Lipinski definition) is 9. The van der Waals surface area contributed by atoms with E-state index in [9.17, 15) is 14.7 Å². The van der Waals surface area contributed by atoms with Gasteiger partial charge in [0.1, 0.15) is 29.0 Å². The number of hydrogen-bond donors (Lipinski definition) is 1. The predicted molar refractivity (Wildman–Crippen MR) is 139 cm³/mol. The number of amides is 1. The summed E-state index contributed by atoms with van der Waals surface area (Å²) in [5, 5.41) is 11.7. The van der Waals surface area contributed by atoms with E-state index in [1.165, 1.54) is 30.5 Å². The lowest BCUT2D eigenvalue weighted by Gasteiger charge is -2.22. The van der Waals surface area contributed by atoms with Crippen LogP contribution in [-0.2, 0) is 9.59 Å². The molecule has 1 atom stereocenters. The van der Waals surface area contributed by atoms with Gasteiger partial charge in [-0.15, -0.1) is 0 Å². The van der Waals surface area contributed by atoms with E-state index < -0.39 is 17.7 Å². The highest BCUT2D eigenvalue weighted by Crippen LogP contribution is 2.45. The van der Waals surface area contributed by atoms with Gasteiger partial charge in [-0.05, 0) is 48.9 Å². The van der Waals surface area contributed by atoms with Crippen molar-refractivity contribution in [1.82, 2.24) is 9.97 Å². The second kappa shape index (κ2) is 9.55. The van der Waals surface area contributed by atoms with Gasteiger partial charge in [0.25, 0.3) is 5.78 Å². The van der Waals surface area contributed by atoms with E-state index in [1.807, 2.05) is 19.1 Å². The Hall–Kier alpha value is -4.44. The number of aryl methyl sites for hydroxylation is 1. The van der Waals surface area contributed by atoms with Crippen molar-refractivity contribution >= 4 is 44.1 Å². The maximum absolute atomic E-state index is 13.5. The van der Waals surface area contributed by atoms with Crippen molar-refractivity contribution in [3.05, 3.63) is 77.1 Å². The first-order valence-corrected chi connectivity index (χ1v) is 12.1. The Labute approximate surface area is 216 Å². The number of Topliss-reactive ketones (excluding diaryl/α,β-unsaturated/α-hetero) is 1. The van der Waals surface area contributed by atoms with Crippen LogP contribution in [0.5, 0.6) is 17.2 Å². The van der Waals surface area contributed by atoms with Gasteiger partial charge in [0.2, 0.25) is 0 Å². The van der Waals surface area contributed by atoms with E-state index in [2.05, 4.69) is 9.97 Å². The highest BCUT2D eigenvalue weighted by Gasteiger charge is 2.49. The average Bonchev–Trinajstić information content (AvgIpc) is 3.44. The number of ether oxygens (including phenoxy) is 3. The lowest BCUT2D eigenvalue weighted by atomic mass is 9.98. The van der Waals surface area contributed by atoms with E-state index in [0.717, 1.165) is 10.3 Å². The van der Waals surface area contributed by atoms with Crippen LogP contribution in [-0.4, -0.2) is 48.1 Å². The maximum Gasteiger partial charge on any atom is 0.301 e. The summed E-state index contributed by atoms with van der Waals surface area (Å²) in [7, 11) is 4.54. The molecule has 4 aromatic rings. The second-order valence-corrected chi connectivity index (χ2v) is 9.29. The van der Waals surface area contributed by atoms with Gasteiger partial charge in [-0.3, -0.25) is 19.5 Å². The molecule has 188 valence electrons. The number of aromatic nitrogens is 2. The molecule has 0 spiro atoms. The van der Waals surface area contributed by atoms with Crippen LogP contribution in [0.25, 0.3) is 16.0 Å². The third-order valence-electron chi connectivity index (χ3n) is 6.18. The molecule has 1 fully saturated rings. The number of anilines is 1. The third kappa shape index (κ3) is 4.05. The van der Waals surface area contributed by atoms with Crippen molar-refractivity contribution in [2.75, 3.05) is 26.2 Å². The SMILES string of the molecule is COc1ccc(/C(O)=C2\C(=O)C(=O)N(c3nc4cc(C)c(OC)cc4s3)C2c2ccccn2)c(OC)c1. The van der Waals surface area contributed by atoms with E-state index in [1.54, 1.807) is 49.7 Å². The molecule has 0 bridgehead atoms. The van der Waals surface area contributed by atoms with Crippen LogP contribution in [0.1, 0.15) is 22.9 Å². The Balaban J connectivity index is 1.72. The predicted octanol–water partition coefficient (Wildman–Crippen LogP) is 4.65. The van der Waals surface area contributed by atoms with Crippen LogP contribution in [0.4, 0.5) is 5.13 Å². The van der Waals surface area contributed by atoms with Crippen LogP contribution < -0.4 is 19.1 Å². The molecule has 37 heavy (non-hydrogen) atoms. The molecule has 9 nitrogen and oxygen atoms in total. The van der Waals surface area contributed by atoms with Crippen LogP contribution in [0.15, 0.2) is 60.3 Å². The summed E-state index contributed by atoms with van der Waals surface area (Å²) in [6, 6.07) is 12.7. The topological polar surface area (TPSA) is 111 Å². The number of thiazole rings is 1. The average molecular weight is 518 g/mol. The number of fused-ring (bicyclic) bond motifs is 1. The highest BCUT2D eigenvalue weighted by atomic mass is 32.1. The van der Waals surface area contributed by atoms with Gasteiger partial charge in [-0.1, -0.05) is 17.4 Å². The molecule has 5 rings (SSSR count). The number of rotatable bonds is 6. The molecule has 0 saturated carbocycles. The fourth-order valence-electron chi connectivity index (χ4n) is 4.36. The minimum Gasteiger partial charge on any atom is -0.507 e. The van der Waals surface area contributed by atoms with E-state index >= 15 is 0 Å². The van der Waals surface area contributed by atoms with Gasteiger partial charge in [0.15, 0.2) is 5.13 Å². The van der Waals surface area contributed by atoms with Gasteiger partial charge in [-0.25, -0.2) is 4.98 Å². The number of ketones is 1. The molecular formula is C27H23N3O6S. The first-order valence-electron chi connectivity index (χ1n) is 11.3. The molecule has 2 aromatic carbocycles. The molecule has 1 N–H and O–H groups in total. The van der Waals surface area contributed by atoms with Crippen molar-refractivity contribution in [3.63, 3.8) is 0 Å². The molecule has 0 radical (unpaired) electrons. The number of methoxy groups -OCH3 is 3. The monoisotopic (exact) mass is 517 g/mol. The largest absolute Gasteiger partial charge is 0.507 e. The van der Waals surface area contributed by atoms with Gasteiger partial charge in [0, 0.05) is 12.3 Å². The molecule has 1 unspecified atom stereocenters. The quantitative estimate of drug-likeness (QED) is 0.224. The number of carbonyl (C=O) groups excluding carboxylic acids is 2. The highest BCUT2D eigenvalue weighted by molar-refractivity contribution is 7.22. The second-order valence-electron chi connectivity index (χ2n) is 8.28. The minimum atomic E-state index is -1.00. The summed E-state index contributed by atoms with van der Waals surface area (Å²) in [5.41, 5.74) is 2.09. The lowest BCUT2D eigenvalue weighted by Crippen LogP contribution is -2.29. The third-order valence-corrected chi connectivity index (χ3v) is 7.19. The zero-order chi connectivity index (χ0) is 26.3. The summed E-state index contributed by atoms with van der Waals surface area (Å²) in [6.45, 7) is 1.90. The van der Waals surface area contributed by atoms with Crippen molar-refractivity contribution in [1.29, 1.82) is 0 Å². The summed E-state index contributed by atoms with van der Waals surface area (Å²) >= 11 is 1.25. The van der Waals surface area contributed by atoms with Gasteiger partial charge in [-0.2, -0.15) is 0 Å². The first-order chi connectivity index (χ1) is 17.9. The van der Waals surface area contributed by atoms with E-state index in [4.69, 9.17) is 14.2 Å². The first kappa shape index (κ1) is 24.3. The number of benzene rings is 2. The normalized spacial score (nSPS) is 16.9. The Bertz CT molecular complexity index is 1560. The van der Waals surface area contributed by atoms with Crippen molar-refractivity contribution in [2.24, 2.45) is 0 Å². The molecule has 3 heterocycles. The smallest absolute Gasteiger partial charge is 0.301 e. The molecule has 1 aliphatic rings. The number of aliphatic hydroxyl groups excluding tert-OH is 1. The molecule has 1 aliphatic heterocycles. The Morgan fingerprint density at radius 3 is 2.46 bits per heavy atom. The molecular weight excluding hydrogens is 494 g/mol. The van der Waals surface area contributed by atoms with Gasteiger partial charge >= 0.3 is 5.91 Å². The lowest BCUT2D eigenvalue weighted by molar-refractivity contribution is -0.132. The van der Waals surface area contributed by atoms with E-state index in [-0.39, 0.29) is 22.6 Å². The number of pyridine rings is 1. The van der Waals surface area contributed by atoms with Crippen LogP contribution in [0.3, 0.4) is 0 Å². The number of carbonyl (C=O) groups is 2. The number of nitrogens with zero attached hydrogens (tertiary/aromatic N) is 3. The molecule has 2 aromatic heterocycles. The Kier molecular flexibility index (Phi) is 6.26. The zero-order valence-corrected chi connectivity index (χ0v) is 21.3.